The molecule has 120 valence electrons. The lowest BCUT2D eigenvalue weighted by Gasteiger charge is -2.11. The second-order valence-electron chi connectivity index (χ2n) is 5.44. The van der Waals surface area contributed by atoms with Gasteiger partial charge in [-0.3, -0.25) is 10.1 Å². The number of hydrogen-bond acceptors (Lipinski definition) is 5. The van der Waals surface area contributed by atoms with Crippen molar-refractivity contribution >= 4 is 17.3 Å². The molecule has 0 saturated heterocycles. The van der Waals surface area contributed by atoms with E-state index >= 15 is 0 Å². The molecule has 1 aliphatic carbocycles. The van der Waals surface area contributed by atoms with Gasteiger partial charge in [-0.2, -0.15) is 0 Å². The van der Waals surface area contributed by atoms with Gasteiger partial charge in [0.05, 0.1) is 24.2 Å². The minimum absolute atomic E-state index is 0.110. The molecule has 0 aliphatic heterocycles. The lowest BCUT2D eigenvalue weighted by Crippen LogP contribution is -1.99. The molecule has 1 aromatic heterocycles. The van der Waals surface area contributed by atoms with Crippen LogP contribution in [0.25, 0.3) is 11.1 Å². The number of rotatable bonds is 6. The molecule has 0 spiro atoms. The Morgan fingerprint density at radius 1 is 1.35 bits per heavy atom. The molecule has 0 amide bonds. The fourth-order valence-corrected chi connectivity index (χ4v) is 2.44. The van der Waals surface area contributed by atoms with Crippen LogP contribution in [0.15, 0.2) is 30.5 Å². The quantitative estimate of drug-likeness (QED) is 0.587. The van der Waals surface area contributed by atoms with Crippen molar-refractivity contribution in [2.24, 2.45) is 5.92 Å². The number of aromatic nitrogens is 1. The molecule has 3 rings (SSSR count). The zero-order chi connectivity index (χ0) is 16.4. The molecule has 1 saturated carbocycles. The first-order chi connectivity index (χ1) is 11.1. The summed E-state index contributed by atoms with van der Waals surface area (Å²) < 4.78 is 10.9. The minimum Gasteiger partial charge on any atom is -0.493 e. The third kappa shape index (κ3) is 3.71. The highest BCUT2D eigenvalue weighted by atomic mass is 35.5. The molecule has 0 radical (unpaired) electrons. The lowest BCUT2D eigenvalue weighted by atomic mass is 10.1. The predicted molar refractivity (Wildman–Crippen MR) is 86.1 cm³/mol. The van der Waals surface area contributed by atoms with Crippen LogP contribution in [-0.4, -0.2) is 23.6 Å². The molecular weight excluding hydrogens is 320 g/mol. The van der Waals surface area contributed by atoms with Gasteiger partial charge in [0.1, 0.15) is 11.9 Å². The summed E-state index contributed by atoms with van der Waals surface area (Å²) >= 11 is 6.15. The van der Waals surface area contributed by atoms with E-state index in [0.717, 1.165) is 6.20 Å². The molecule has 1 aliphatic rings. The molecular formula is C16H15ClN2O4. The third-order valence-corrected chi connectivity index (χ3v) is 3.82. The number of nitro groups is 1. The van der Waals surface area contributed by atoms with Crippen LogP contribution in [0.3, 0.4) is 0 Å². The van der Waals surface area contributed by atoms with E-state index in [1.54, 1.807) is 18.2 Å². The van der Waals surface area contributed by atoms with Gasteiger partial charge < -0.3 is 9.47 Å². The van der Waals surface area contributed by atoms with E-state index in [9.17, 15) is 10.1 Å². The molecule has 0 N–H and O–H groups in total. The number of halogens is 1. The van der Waals surface area contributed by atoms with Crippen molar-refractivity contribution in [3.8, 4) is 22.8 Å². The Hall–Kier alpha value is -2.34. The third-order valence-electron chi connectivity index (χ3n) is 3.61. The summed E-state index contributed by atoms with van der Waals surface area (Å²) in [5.74, 6) is 1.55. The second kappa shape index (κ2) is 6.42. The molecule has 2 aromatic rings. The van der Waals surface area contributed by atoms with Crippen molar-refractivity contribution in [3.63, 3.8) is 0 Å². The van der Waals surface area contributed by atoms with Crippen LogP contribution in [-0.2, 0) is 0 Å². The van der Waals surface area contributed by atoms with Crippen LogP contribution in [0.2, 0.25) is 5.02 Å². The van der Waals surface area contributed by atoms with Crippen LogP contribution in [0.1, 0.15) is 12.8 Å². The van der Waals surface area contributed by atoms with Gasteiger partial charge in [0, 0.05) is 11.1 Å². The van der Waals surface area contributed by atoms with Crippen molar-refractivity contribution in [3.05, 3.63) is 45.6 Å². The van der Waals surface area contributed by atoms with E-state index in [2.05, 4.69) is 4.98 Å². The first-order valence-corrected chi connectivity index (χ1v) is 7.57. The number of hydrogen-bond donors (Lipinski definition) is 0. The van der Waals surface area contributed by atoms with Crippen LogP contribution >= 0.6 is 11.6 Å². The Kier molecular flexibility index (Phi) is 4.34. The van der Waals surface area contributed by atoms with E-state index < -0.39 is 4.92 Å². The van der Waals surface area contributed by atoms with E-state index in [-0.39, 0.29) is 5.69 Å². The first-order valence-electron chi connectivity index (χ1n) is 7.19. The summed E-state index contributed by atoms with van der Waals surface area (Å²) in [6.07, 6.45) is 3.55. The van der Waals surface area contributed by atoms with Crippen molar-refractivity contribution in [2.45, 2.75) is 12.8 Å². The SMILES string of the molecule is COc1ncc([N+](=O)[O-])cc1-c1cc(Cl)cc(OCC2CC2)c1. The van der Waals surface area contributed by atoms with Crippen LogP contribution in [0, 0.1) is 16.0 Å². The van der Waals surface area contributed by atoms with Gasteiger partial charge in [-0.05, 0) is 42.5 Å². The van der Waals surface area contributed by atoms with Crippen LogP contribution in [0.5, 0.6) is 11.6 Å². The Labute approximate surface area is 138 Å². The van der Waals surface area contributed by atoms with Gasteiger partial charge in [-0.1, -0.05) is 11.6 Å². The van der Waals surface area contributed by atoms with Gasteiger partial charge in [0.15, 0.2) is 0 Å². The molecule has 0 unspecified atom stereocenters. The van der Waals surface area contributed by atoms with Crippen molar-refractivity contribution in [1.82, 2.24) is 4.98 Å². The maximum Gasteiger partial charge on any atom is 0.288 e. The highest BCUT2D eigenvalue weighted by molar-refractivity contribution is 6.31. The summed E-state index contributed by atoms with van der Waals surface area (Å²) in [6, 6.07) is 6.64. The Morgan fingerprint density at radius 3 is 2.78 bits per heavy atom. The highest BCUT2D eigenvalue weighted by Crippen LogP contribution is 2.36. The largest absolute Gasteiger partial charge is 0.493 e. The van der Waals surface area contributed by atoms with Crippen LogP contribution < -0.4 is 9.47 Å². The lowest BCUT2D eigenvalue weighted by molar-refractivity contribution is -0.385. The number of methoxy groups -OCH3 is 1. The summed E-state index contributed by atoms with van der Waals surface area (Å²) in [4.78, 5) is 14.5. The van der Waals surface area contributed by atoms with E-state index in [1.807, 2.05) is 0 Å². The fourth-order valence-electron chi connectivity index (χ4n) is 2.21. The topological polar surface area (TPSA) is 74.5 Å². The minimum atomic E-state index is -0.495. The molecule has 0 atom stereocenters. The molecule has 23 heavy (non-hydrogen) atoms. The number of pyridine rings is 1. The maximum absolute atomic E-state index is 11.0. The van der Waals surface area contributed by atoms with Crippen molar-refractivity contribution in [2.75, 3.05) is 13.7 Å². The monoisotopic (exact) mass is 334 g/mol. The van der Waals surface area contributed by atoms with Crippen LogP contribution in [0.4, 0.5) is 5.69 Å². The Balaban J connectivity index is 1.98. The van der Waals surface area contributed by atoms with E-state index in [4.69, 9.17) is 21.1 Å². The van der Waals surface area contributed by atoms with Gasteiger partial charge >= 0.3 is 0 Å². The number of ether oxygens (including phenoxy) is 2. The Morgan fingerprint density at radius 2 is 2.13 bits per heavy atom. The standard InChI is InChI=1S/C16H15ClN2O4/c1-22-16-15(7-13(8-18-16)19(20)21)11-4-12(17)6-14(5-11)23-9-10-2-3-10/h4-8,10H,2-3,9H2,1H3. The predicted octanol–water partition coefficient (Wildman–Crippen LogP) is 4.11. The summed E-state index contributed by atoms with van der Waals surface area (Å²) in [5, 5.41) is 11.5. The Bertz CT molecular complexity index is 747. The number of nitrogens with zero attached hydrogens (tertiary/aromatic N) is 2. The van der Waals surface area contributed by atoms with Gasteiger partial charge in [-0.15, -0.1) is 0 Å². The van der Waals surface area contributed by atoms with Gasteiger partial charge in [0.2, 0.25) is 5.88 Å². The van der Waals surface area contributed by atoms with E-state index in [1.165, 1.54) is 26.0 Å². The second-order valence-corrected chi connectivity index (χ2v) is 5.87. The molecule has 0 bridgehead atoms. The van der Waals surface area contributed by atoms with Crippen molar-refractivity contribution in [1.29, 1.82) is 0 Å². The van der Waals surface area contributed by atoms with Gasteiger partial charge in [0.25, 0.3) is 5.69 Å². The summed E-state index contributed by atoms with van der Waals surface area (Å²) in [7, 11) is 1.46. The smallest absolute Gasteiger partial charge is 0.288 e. The molecule has 6 nitrogen and oxygen atoms in total. The van der Waals surface area contributed by atoms with E-state index in [0.29, 0.717) is 40.3 Å². The average Bonchev–Trinajstić information content (AvgIpc) is 3.36. The molecule has 1 fully saturated rings. The molecule has 7 heteroatoms. The molecule has 1 heterocycles. The fraction of sp³-hybridized carbons (Fsp3) is 0.312. The van der Waals surface area contributed by atoms with Gasteiger partial charge in [-0.25, -0.2) is 4.98 Å². The molecule has 1 aromatic carbocycles. The summed E-state index contributed by atoms with van der Waals surface area (Å²) in [5.41, 5.74) is 1.05. The normalized spacial score (nSPS) is 13.7. The first kappa shape index (κ1) is 15.6. The number of benzene rings is 1. The zero-order valence-corrected chi connectivity index (χ0v) is 13.2. The van der Waals surface area contributed by atoms with Crippen molar-refractivity contribution < 1.29 is 14.4 Å². The maximum atomic E-state index is 11.0. The zero-order valence-electron chi connectivity index (χ0n) is 12.5. The average molecular weight is 335 g/mol. The summed E-state index contributed by atoms with van der Waals surface area (Å²) in [6.45, 7) is 0.657. The highest BCUT2D eigenvalue weighted by Gasteiger charge is 2.22.